The van der Waals surface area contributed by atoms with Gasteiger partial charge in [-0.2, -0.15) is 0 Å². The lowest BCUT2D eigenvalue weighted by Crippen LogP contribution is -2.47. The summed E-state index contributed by atoms with van der Waals surface area (Å²) in [4.78, 5) is 25.8. The quantitative estimate of drug-likeness (QED) is 0.494. The largest absolute Gasteiger partial charge is 0.480 e. The maximum atomic E-state index is 12.4. The van der Waals surface area contributed by atoms with E-state index in [1.807, 2.05) is 18.7 Å². The molecule has 0 aromatic rings. The zero-order valence-corrected chi connectivity index (χ0v) is 13.2. The van der Waals surface area contributed by atoms with E-state index in [4.69, 9.17) is 10.0 Å². The molecule has 2 fully saturated rings. The molecule has 1 amide bonds. The first kappa shape index (κ1) is 17.2. The second kappa shape index (κ2) is 6.56. The first-order valence-corrected chi connectivity index (χ1v) is 7.92. The van der Waals surface area contributed by atoms with Crippen molar-refractivity contribution >= 4 is 19.0 Å². The van der Waals surface area contributed by atoms with Gasteiger partial charge in [0.05, 0.1) is 6.04 Å². The minimum atomic E-state index is -1.37. The van der Waals surface area contributed by atoms with E-state index in [1.54, 1.807) is 0 Å². The zero-order valence-electron chi connectivity index (χ0n) is 13.2. The molecular weight excluding hydrogens is 287 g/mol. The number of rotatable bonds is 6. The van der Waals surface area contributed by atoms with Crippen molar-refractivity contribution < 1.29 is 24.7 Å². The molecular formula is C14H25BN2O5. The number of aliphatic carboxylic acids is 1. The van der Waals surface area contributed by atoms with Gasteiger partial charge in [-0.25, -0.2) is 0 Å². The molecule has 7 nitrogen and oxygen atoms in total. The number of fused-ring (bicyclic) bond motifs is 1. The van der Waals surface area contributed by atoms with E-state index in [-0.39, 0.29) is 24.2 Å². The van der Waals surface area contributed by atoms with Crippen LogP contribution in [0.4, 0.5) is 0 Å². The highest BCUT2D eigenvalue weighted by molar-refractivity contribution is 6.40. The zero-order chi connectivity index (χ0) is 16.5. The number of carbonyl (C=O) groups is 2. The van der Waals surface area contributed by atoms with E-state index >= 15 is 0 Å². The van der Waals surface area contributed by atoms with Gasteiger partial charge in [-0.1, -0.05) is 20.3 Å². The molecule has 2 aliphatic rings. The van der Waals surface area contributed by atoms with E-state index in [2.05, 4.69) is 5.32 Å². The maximum absolute atomic E-state index is 12.4. The Kier molecular flexibility index (Phi) is 5.14. The fourth-order valence-electron chi connectivity index (χ4n) is 4.02. The molecule has 2 saturated heterocycles. The number of likely N-dealkylation sites (tertiary alicyclic amines) is 1. The SMILES string of the molecule is CC(C)C(=O)N1CC[C@]2(CCCB(O)O)[C@@H](C(=O)O)NC[C@H]12. The van der Waals surface area contributed by atoms with Crippen LogP contribution in [0.25, 0.3) is 0 Å². The number of carboxylic acids is 1. The molecule has 3 atom stereocenters. The van der Waals surface area contributed by atoms with Crippen LogP contribution in [0.1, 0.15) is 33.1 Å². The summed E-state index contributed by atoms with van der Waals surface area (Å²) in [5, 5.41) is 30.6. The van der Waals surface area contributed by atoms with Gasteiger partial charge in [0, 0.05) is 24.4 Å². The molecule has 0 spiro atoms. The molecule has 0 aromatic carbocycles. The highest BCUT2D eigenvalue weighted by Crippen LogP contribution is 2.48. The summed E-state index contributed by atoms with van der Waals surface area (Å²) in [7, 11) is -1.37. The van der Waals surface area contributed by atoms with Gasteiger partial charge in [0.2, 0.25) is 5.91 Å². The van der Waals surface area contributed by atoms with Crippen LogP contribution in [0.5, 0.6) is 0 Å². The van der Waals surface area contributed by atoms with Crippen molar-refractivity contribution in [1.29, 1.82) is 0 Å². The second-order valence-corrected chi connectivity index (χ2v) is 6.74. The molecule has 0 aromatic heterocycles. The number of hydrogen-bond acceptors (Lipinski definition) is 5. The van der Waals surface area contributed by atoms with E-state index in [1.165, 1.54) is 0 Å². The van der Waals surface area contributed by atoms with Gasteiger partial charge < -0.3 is 25.4 Å². The van der Waals surface area contributed by atoms with Crippen LogP contribution in [0.3, 0.4) is 0 Å². The van der Waals surface area contributed by atoms with Crippen LogP contribution in [0.15, 0.2) is 0 Å². The Bertz CT molecular complexity index is 445. The number of nitrogens with zero attached hydrogens (tertiary/aromatic N) is 1. The van der Waals surface area contributed by atoms with Gasteiger partial charge >= 0.3 is 13.1 Å². The number of carbonyl (C=O) groups excluding carboxylic acids is 1. The van der Waals surface area contributed by atoms with Gasteiger partial charge in [-0.3, -0.25) is 9.59 Å². The molecule has 124 valence electrons. The number of nitrogens with one attached hydrogen (secondary N) is 1. The predicted octanol–water partition coefficient (Wildman–Crippen LogP) is -0.461. The Balaban J connectivity index is 2.19. The maximum Gasteiger partial charge on any atom is 0.451 e. The van der Waals surface area contributed by atoms with E-state index in [9.17, 15) is 14.7 Å². The fraction of sp³-hybridized carbons (Fsp3) is 0.857. The summed E-state index contributed by atoms with van der Waals surface area (Å²) in [6.07, 6.45) is 1.96. The van der Waals surface area contributed by atoms with Crippen molar-refractivity contribution in [2.75, 3.05) is 13.1 Å². The van der Waals surface area contributed by atoms with Crippen LogP contribution in [-0.4, -0.2) is 64.2 Å². The lowest BCUT2D eigenvalue weighted by Gasteiger charge is -2.34. The summed E-state index contributed by atoms with van der Waals surface area (Å²) in [6, 6.07) is -0.808. The molecule has 0 aliphatic carbocycles. The van der Waals surface area contributed by atoms with Crippen molar-refractivity contribution in [2.24, 2.45) is 11.3 Å². The Labute approximate surface area is 130 Å². The van der Waals surface area contributed by atoms with Gasteiger partial charge in [-0.05, 0) is 19.2 Å². The Morgan fingerprint density at radius 1 is 1.41 bits per heavy atom. The standard InChI is InChI=1S/C14H25BN2O5/c1-9(2)12(18)17-7-5-14(4-3-6-15(21)22)10(17)8-16-11(14)13(19)20/h9-11,16,21-22H,3-8H2,1-2H3,(H,19,20)/t10-,11+,14-/m0/s1. The Morgan fingerprint density at radius 3 is 2.64 bits per heavy atom. The predicted molar refractivity (Wildman–Crippen MR) is 81.0 cm³/mol. The van der Waals surface area contributed by atoms with E-state index in [0.717, 1.165) is 0 Å². The van der Waals surface area contributed by atoms with Crippen LogP contribution >= 0.6 is 0 Å². The molecule has 2 aliphatic heterocycles. The van der Waals surface area contributed by atoms with Crippen molar-refractivity contribution in [3.63, 3.8) is 0 Å². The van der Waals surface area contributed by atoms with Crippen molar-refractivity contribution in [3.8, 4) is 0 Å². The van der Waals surface area contributed by atoms with Crippen LogP contribution < -0.4 is 5.32 Å². The summed E-state index contributed by atoms with van der Waals surface area (Å²) in [6.45, 7) is 4.76. The topological polar surface area (TPSA) is 110 Å². The van der Waals surface area contributed by atoms with Crippen molar-refractivity contribution in [2.45, 2.75) is 51.5 Å². The molecule has 0 radical (unpaired) electrons. The highest BCUT2D eigenvalue weighted by Gasteiger charge is 2.59. The first-order chi connectivity index (χ1) is 10.3. The lowest BCUT2D eigenvalue weighted by molar-refractivity contribution is -0.143. The minimum absolute atomic E-state index is 0.0573. The third kappa shape index (κ3) is 3.00. The summed E-state index contributed by atoms with van der Waals surface area (Å²) in [5.41, 5.74) is -0.509. The molecule has 22 heavy (non-hydrogen) atoms. The van der Waals surface area contributed by atoms with Crippen LogP contribution in [-0.2, 0) is 9.59 Å². The Morgan fingerprint density at radius 2 is 2.09 bits per heavy atom. The average Bonchev–Trinajstić information content (AvgIpc) is 2.93. The molecule has 8 heteroatoms. The van der Waals surface area contributed by atoms with Gasteiger partial charge in [0.25, 0.3) is 0 Å². The molecule has 0 unspecified atom stereocenters. The van der Waals surface area contributed by atoms with Gasteiger partial charge in [0.1, 0.15) is 6.04 Å². The summed E-state index contributed by atoms with van der Waals surface area (Å²) >= 11 is 0. The first-order valence-electron chi connectivity index (χ1n) is 7.92. The van der Waals surface area contributed by atoms with E-state index < -0.39 is 24.5 Å². The van der Waals surface area contributed by atoms with Crippen LogP contribution in [0.2, 0.25) is 6.32 Å². The van der Waals surface area contributed by atoms with Gasteiger partial charge in [0.15, 0.2) is 0 Å². The molecule has 2 heterocycles. The fourth-order valence-corrected chi connectivity index (χ4v) is 4.02. The summed E-state index contributed by atoms with van der Waals surface area (Å²) in [5.74, 6) is -0.952. The number of hydrogen-bond donors (Lipinski definition) is 4. The monoisotopic (exact) mass is 312 g/mol. The smallest absolute Gasteiger partial charge is 0.451 e. The average molecular weight is 312 g/mol. The van der Waals surface area contributed by atoms with Crippen molar-refractivity contribution in [3.05, 3.63) is 0 Å². The van der Waals surface area contributed by atoms with Gasteiger partial charge in [-0.15, -0.1) is 0 Å². The minimum Gasteiger partial charge on any atom is -0.480 e. The third-order valence-corrected chi connectivity index (χ3v) is 5.08. The number of amides is 1. The van der Waals surface area contributed by atoms with Crippen LogP contribution in [0, 0.1) is 11.3 Å². The van der Waals surface area contributed by atoms with E-state index in [0.29, 0.717) is 32.4 Å². The molecule has 2 rings (SSSR count). The molecule has 0 bridgehead atoms. The number of carboxylic acid groups (broad SMARTS) is 1. The molecule has 0 saturated carbocycles. The Hall–Kier alpha value is -1.12. The lowest BCUT2D eigenvalue weighted by atomic mass is 9.70. The third-order valence-electron chi connectivity index (χ3n) is 5.08. The normalized spacial score (nSPS) is 30.7. The highest BCUT2D eigenvalue weighted by atomic mass is 16.4. The molecule has 4 N–H and O–H groups in total. The summed E-state index contributed by atoms with van der Waals surface area (Å²) < 4.78 is 0. The van der Waals surface area contributed by atoms with Crippen molar-refractivity contribution in [1.82, 2.24) is 10.2 Å². The second-order valence-electron chi connectivity index (χ2n) is 6.74.